The molecule has 0 aliphatic carbocycles. The predicted molar refractivity (Wildman–Crippen MR) is 162 cm³/mol. The van der Waals surface area contributed by atoms with Gasteiger partial charge in [0, 0.05) is 42.2 Å². The molecule has 3 aromatic carbocycles. The minimum Gasteiger partial charge on any atom is -0.508 e. The number of nitrogens with one attached hydrogen (secondary N) is 1. The lowest BCUT2D eigenvalue weighted by molar-refractivity contribution is -0.127. The molecule has 12 heteroatoms. The van der Waals surface area contributed by atoms with Crippen molar-refractivity contribution in [3.63, 3.8) is 0 Å². The number of ether oxygens (including phenoxy) is 1. The molecule has 1 aliphatic rings. The van der Waals surface area contributed by atoms with Gasteiger partial charge in [-0.15, -0.1) is 0 Å². The van der Waals surface area contributed by atoms with E-state index in [-0.39, 0.29) is 30.2 Å². The summed E-state index contributed by atoms with van der Waals surface area (Å²) >= 11 is 0. The zero-order valence-corrected chi connectivity index (χ0v) is 24.6. The number of carbonyl (C=O) groups is 2. The number of hydrogen-bond acceptors (Lipinski definition) is 8. The molecule has 1 unspecified atom stereocenters. The van der Waals surface area contributed by atoms with Gasteiger partial charge in [0.05, 0.1) is 4.90 Å². The van der Waals surface area contributed by atoms with Crippen LogP contribution in [0.15, 0.2) is 71.8 Å². The second-order valence-electron chi connectivity index (χ2n) is 10.5. The number of nitrogens with zero attached hydrogens (tertiary/aromatic N) is 2. The van der Waals surface area contributed by atoms with Crippen molar-refractivity contribution < 1.29 is 27.9 Å². The average Bonchev–Trinajstić information content (AvgIpc) is 3.51. The second kappa shape index (κ2) is 12.5. The summed E-state index contributed by atoms with van der Waals surface area (Å²) in [6, 6.07) is 13.8. The number of phenols is 1. The molecule has 226 valence electrons. The summed E-state index contributed by atoms with van der Waals surface area (Å²) in [5, 5.41) is 10.4. The van der Waals surface area contributed by atoms with Gasteiger partial charge in [0.25, 0.3) is 15.9 Å². The molecule has 1 aromatic heterocycles. The molecule has 4 aromatic rings. The van der Waals surface area contributed by atoms with Crippen molar-refractivity contribution in [2.45, 2.75) is 50.1 Å². The maximum absolute atomic E-state index is 14.1. The number of aryl methyl sites for hydroxylation is 1. The number of imide groups is 1. The number of benzene rings is 3. The van der Waals surface area contributed by atoms with E-state index in [4.69, 9.17) is 16.2 Å². The summed E-state index contributed by atoms with van der Waals surface area (Å²) in [7, 11) is -4.48. The number of nitrogens with two attached hydrogens (primary N) is 2. The van der Waals surface area contributed by atoms with Crippen LogP contribution in [0.25, 0.3) is 10.9 Å². The van der Waals surface area contributed by atoms with Crippen molar-refractivity contribution in [1.82, 2.24) is 14.2 Å². The van der Waals surface area contributed by atoms with Crippen LogP contribution in [-0.2, 0) is 27.8 Å². The van der Waals surface area contributed by atoms with Crippen molar-refractivity contribution in [1.29, 1.82) is 0 Å². The Bertz CT molecular complexity index is 1750. The Hall–Kier alpha value is -4.39. The van der Waals surface area contributed by atoms with Gasteiger partial charge in [0.1, 0.15) is 23.3 Å². The maximum Gasteiger partial charge on any atom is 0.341 e. The highest BCUT2D eigenvalue weighted by Crippen LogP contribution is 2.34. The predicted octanol–water partition coefficient (Wildman–Crippen LogP) is 4.13. The number of unbranched alkanes of at least 4 members (excludes halogenated alkanes) is 2. The van der Waals surface area contributed by atoms with E-state index in [1.807, 2.05) is 25.1 Å². The summed E-state index contributed by atoms with van der Waals surface area (Å²) < 4.78 is 34.9. The third kappa shape index (κ3) is 5.94. The normalized spacial score (nSPS) is 15.6. The molecule has 11 nitrogen and oxygen atoms in total. The number of carbonyl (C=O) groups excluding carboxylic acids is 2. The molecule has 1 saturated heterocycles. The number of aromatic amines is 1. The highest BCUT2D eigenvalue weighted by molar-refractivity contribution is 7.89. The molecule has 1 fully saturated rings. The number of urea groups is 1. The Morgan fingerprint density at radius 3 is 2.47 bits per heavy atom. The van der Waals surface area contributed by atoms with Crippen LogP contribution in [0.1, 0.15) is 36.0 Å². The Morgan fingerprint density at radius 1 is 0.977 bits per heavy atom. The Labute approximate surface area is 250 Å². The maximum atomic E-state index is 14.1. The van der Waals surface area contributed by atoms with Crippen molar-refractivity contribution >= 4 is 32.9 Å². The van der Waals surface area contributed by atoms with Gasteiger partial charge in [-0.25, -0.2) is 17.5 Å². The molecule has 0 bridgehead atoms. The van der Waals surface area contributed by atoms with Gasteiger partial charge in [-0.2, -0.15) is 0 Å². The van der Waals surface area contributed by atoms with Crippen LogP contribution in [-0.4, -0.2) is 58.8 Å². The number of amides is 3. The van der Waals surface area contributed by atoms with Gasteiger partial charge in [0.2, 0.25) is 0 Å². The number of aromatic hydroxyl groups is 1. The Kier molecular flexibility index (Phi) is 8.71. The molecule has 2 heterocycles. The highest BCUT2D eigenvalue weighted by atomic mass is 32.2. The lowest BCUT2D eigenvalue weighted by atomic mass is 10.0. The van der Waals surface area contributed by atoms with Gasteiger partial charge >= 0.3 is 6.03 Å². The average molecular weight is 606 g/mol. The van der Waals surface area contributed by atoms with E-state index in [0.29, 0.717) is 40.8 Å². The molecule has 5 rings (SSSR count). The number of phenolic OH excluding ortho intramolecular Hbond substituents is 1. The quantitative estimate of drug-likeness (QED) is 0.138. The van der Waals surface area contributed by atoms with Crippen molar-refractivity contribution in [3.05, 3.63) is 83.6 Å². The first-order chi connectivity index (χ1) is 20.6. The number of aromatic nitrogens is 1. The topological polar surface area (TPSA) is 172 Å². The van der Waals surface area contributed by atoms with E-state index in [9.17, 15) is 23.1 Å². The van der Waals surface area contributed by atoms with E-state index in [0.717, 1.165) is 33.4 Å². The van der Waals surface area contributed by atoms with Gasteiger partial charge < -0.3 is 26.3 Å². The van der Waals surface area contributed by atoms with Gasteiger partial charge in [-0.3, -0.25) is 9.69 Å². The summed E-state index contributed by atoms with van der Waals surface area (Å²) in [5.41, 5.74) is 14.6. The SMILES string of the molecule is Cc1cccc2c(CC3C(=O)N(CCCCCN)C(=O)N3S(=O)(=O)c3ccc(Oc4ccc(O)cc4)c(CN)c3)c[nH]c12. The molecule has 0 radical (unpaired) electrons. The van der Waals surface area contributed by atoms with Crippen LogP contribution >= 0.6 is 0 Å². The number of fused-ring (bicyclic) bond motifs is 1. The van der Waals surface area contributed by atoms with E-state index in [2.05, 4.69) is 4.98 Å². The number of para-hydroxylation sites is 1. The van der Waals surface area contributed by atoms with E-state index < -0.39 is 28.0 Å². The molecule has 1 aliphatic heterocycles. The minimum atomic E-state index is -4.48. The van der Waals surface area contributed by atoms with E-state index in [1.165, 1.54) is 30.3 Å². The number of hydrogen-bond donors (Lipinski definition) is 4. The smallest absolute Gasteiger partial charge is 0.341 e. The molecular formula is C31H35N5O6S. The summed E-state index contributed by atoms with van der Waals surface area (Å²) in [4.78, 5) is 31.5. The fraction of sp³-hybridized carbons (Fsp3) is 0.290. The summed E-state index contributed by atoms with van der Waals surface area (Å²) in [6.07, 6.45) is 3.72. The molecule has 1 atom stereocenters. The second-order valence-corrected chi connectivity index (χ2v) is 12.3. The molecule has 6 N–H and O–H groups in total. The van der Waals surface area contributed by atoms with Crippen molar-refractivity contribution in [2.24, 2.45) is 11.5 Å². The van der Waals surface area contributed by atoms with Crippen LogP contribution in [0.2, 0.25) is 0 Å². The Balaban J connectivity index is 1.50. The summed E-state index contributed by atoms with van der Waals surface area (Å²) in [6.45, 7) is 2.49. The lowest BCUT2D eigenvalue weighted by Gasteiger charge is -2.22. The molecule has 3 amide bonds. The largest absolute Gasteiger partial charge is 0.508 e. The standard InChI is InChI=1S/C31H35N5O6S/c1-20-6-5-7-26-22(19-34-29(20)26)17-27-30(38)35(15-4-2-3-14-32)31(39)36(27)43(40,41)25-12-13-28(21(16-25)18-33)42-24-10-8-23(37)9-11-24/h5-13,16,19,27,34,37H,2-4,14-15,17-18,32-33H2,1H3. The van der Waals surface area contributed by atoms with Crippen LogP contribution in [0.3, 0.4) is 0 Å². The molecule has 43 heavy (non-hydrogen) atoms. The zero-order valence-electron chi connectivity index (χ0n) is 23.8. The third-order valence-corrected chi connectivity index (χ3v) is 9.41. The van der Waals surface area contributed by atoms with Crippen molar-refractivity contribution in [2.75, 3.05) is 13.1 Å². The van der Waals surface area contributed by atoms with Crippen LogP contribution < -0.4 is 16.2 Å². The minimum absolute atomic E-state index is 0.0123. The first kappa shape index (κ1) is 30.1. The zero-order chi connectivity index (χ0) is 30.7. The number of rotatable bonds is 12. The van der Waals surface area contributed by atoms with E-state index in [1.54, 1.807) is 18.3 Å². The van der Waals surface area contributed by atoms with Gasteiger partial charge in [-0.1, -0.05) is 24.6 Å². The van der Waals surface area contributed by atoms with Crippen molar-refractivity contribution in [3.8, 4) is 17.2 Å². The van der Waals surface area contributed by atoms with Gasteiger partial charge in [-0.05, 0) is 79.9 Å². The van der Waals surface area contributed by atoms with Crippen LogP contribution in [0.5, 0.6) is 17.2 Å². The molecular weight excluding hydrogens is 570 g/mol. The summed E-state index contributed by atoms with van der Waals surface area (Å²) in [5.74, 6) is 0.254. The number of sulfonamides is 1. The fourth-order valence-electron chi connectivity index (χ4n) is 5.34. The van der Waals surface area contributed by atoms with Crippen LogP contribution in [0, 0.1) is 6.92 Å². The van der Waals surface area contributed by atoms with E-state index >= 15 is 0 Å². The lowest BCUT2D eigenvalue weighted by Crippen LogP contribution is -2.41. The van der Waals surface area contributed by atoms with Gasteiger partial charge in [0.15, 0.2) is 0 Å². The molecule has 0 saturated carbocycles. The number of H-pyrrole nitrogens is 1. The monoisotopic (exact) mass is 605 g/mol. The highest BCUT2D eigenvalue weighted by Gasteiger charge is 2.51. The third-order valence-electron chi connectivity index (χ3n) is 7.64. The first-order valence-electron chi connectivity index (χ1n) is 14.1. The molecule has 0 spiro atoms. The fourth-order valence-corrected chi connectivity index (χ4v) is 6.90. The Morgan fingerprint density at radius 2 is 1.74 bits per heavy atom. The van der Waals surface area contributed by atoms with Crippen LogP contribution in [0.4, 0.5) is 4.79 Å². The first-order valence-corrected chi connectivity index (χ1v) is 15.5.